The van der Waals surface area contributed by atoms with Crippen molar-refractivity contribution in [2.24, 2.45) is 0 Å². The third kappa shape index (κ3) is 2.71. The maximum absolute atomic E-state index is 13.3. The maximum atomic E-state index is 13.3. The lowest BCUT2D eigenvalue weighted by Gasteiger charge is -2.08. The summed E-state index contributed by atoms with van der Waals surface area (Å²) in [7, 11) is 0. The van der Waals surface area contributed by atoms with E-state index in [1.54, 1.807) is 0 Å². The summed E-state index contributed by atoms with van der Waals surface area (Å²) in [6, 6.07) is 1.17. The number of hydrogen-bond acceptors (Lipinski definition) is 2. The van der Waals surface area contributed by atoms with E-state index in [4.69, 9.17) is 5.11 Å². The number of anilines is 1. The third-order valence-corrected chi connectivity index (χ3v) is 1.77. The second-order valence-corrected chi connectivity index (χ2v) is 2.88. The number of alkyl halides is 2. The van der Waals surface area contributed by atoms with Gasteiger partial charge in [-0.1, -0.05) is 0 Å². The van der Waals surface area contributed by atoms with Crippen LogP contribution < -0.4 is 5.32 Å². The highest BCUT2D eigenvalue weighted by atomic mass is 19.3. The smallest absolute Gasteiger partial charge is 0.338 e. The summed E-state index contributed by atoms with van der Waals surface area (Å²) in [5.74, 6) is -6.60. The Labute approximate surface area is 91.9 Å². The molecule has 8 heteroatoms. The molecule has 0 fully saturated rings. The third-order valence-electron chi connectivity index (χ3n) is 1.77. The summed E-state index contributed by atoms with van der Waals surface area (Å²) >= 11 is 0. The monoisotopic (exact) mass is 251 g/mol. The summed E-state index contributed by atoms with van der Waals surface area (Å²) in [4.78, 5) is 21.0. The Hall–Kier alpha value is -2.12. The average molecular weight is 251 g/mol. The van der Waals surface area contributed by atoms with Gasteiger partial charge in [-0.2, -0.15) is 8.78 Å². The zero-order chi connectivity index (χ0) is 13.2. The maximum Gasteiger partial charge on any atom is 0.338 e. The summed E-state index contributed by atoms with van der Waals surface area (Å²) < 4.78 is 50.1. The minimum absolute atomic E-state index is 0.549. The van der Waals surface area contributed by atoms with Gasteiger partial charge in [0.2, 0.25) is 0 Å². The van der Waals surface area contributed by atoms with Crippen molar-refractivity contribution in [3.8, 4) is 0 Å². The first-order valence-corrected chi connectivity index (χ1v) is 4.15. The molecule has 92 valence electrons. The van der Waals surface area contributed by atoms with Gasteiger partial charge < -0.3 is 10.4 Å². The molecule has 0 spiro atoms. The molecule has 0 aliphatic rings. The number of rotatable bonds is 3. The van der Waals surface area contributed by atoms with Gasteiger partial charge in [-0.3, -0.25) is 4.79 Å². The van der Waals surface area contributed by atoms with Gasteiger partial charge >= 0.3 is 12.4 Å². The van der Waals surface area contributed by atoms with E-state index in [0.717, 1.165) is 0 Å². The van der Waals surface area contributed by atoms with E-state index in [-0.39, 0.29) is 0 Å². The number of carboxylic acids is 1. The fourth-order valence-corrected chi connectivity index (χ4v) is 1.01. The van der Waals surface area contributed by atoms with Crippen molar-refractivity contribution in [3.63, 3.8) is 0 Å². The molecule has 17 heavy (non-hydrogen) atoms. The molecule has 0 saturated carbocycles. The van der Waals surface area contributed by atoms with Crippen LogP contribution in [0.2, 0.25) is 0 Å². The fourth-order valence-electron chi connectivity index (χ4n) is 1.01. The van der Waals surface area contributed by atoms with E-state index in [1.165, 1.54) is 5.32 Å². The van der Waals surface area contributed by atoms with Crippen LogP contribution in [0.15, 0.2) is 12.1 Å². The number of amides is 1. The highest BCUT2D eigenvalue weighted by Gasteiger charge is 2.23. The first kappa shape index (κ1) is 12.9. The highest BCUT2D eigenvalue weighted by Crippen LogP contribution is 2.22. The standard InChI is InChI=1S/C9H5F4NO3/c10-4-2-1-3(9(16)17)5(11)6(4)14-8(15)7(12)13/h1-2,7H,(H,14,15)(H,16,17). The molecule has 1 amide bonds. The molecule has 0 aliphatic heterocycles. The van der Waals surface area contributed by atoms with E-state index in [0.29, 0.717) is 12.1 Å². The zero-order valence-electron chi connectivity index (χ0n) is 8.01. The van der Waals surface area contributed by atoms with E-state index in [9.17, 15) is 27.2 Å². The Balaban J connectivity index is 3.19. The van der Waals surface area contributed by atoms with Gasteiger partial charge in [0.15, 0.2) is 5.82 Å². The van der Waals surface area contributed by atoms with Crippen LogP contribution in [0.1, 0.15) is 10.4 Å². The van der Waals surface area contributed by atoms with Crippen LogP contribution in [-0.4, -0.2) is 23.4 Å². The Kier molecular flexibility index (Phi) is 3.66. The number of benzene rings is 1. The van der Waals surface area contributed by atoms with E-state index in [2.05, 4.69) is 0 Å². The number of aromatic carboxylic acids is 1. The topological polar surface area (TPSA) is 66.4 Å². The largest absolute Gasteiger partial charge is 0.478 e. The van der Waals surface area contributed by atoms with E-state index >= 15 is 0 Å². The Morgan fingerprint density at radius 2 is 1.82 bits per heavy atom. The second kappa shape index (κ2) is 4.81. The zero-order valence-corrected chi connectivity index (χ0v) is 8.01. The lowest BCUT2D eigenvalue weighted by Crippen LogP contribution is -2.22. The van der Waals surface area contributed by atoms with Crippen LogP contribution in [0.4, 0.5) is 23.2 Å². The van der Waals surface area contributed by atoms with Gasteiger partial charge in [0.1, 0.15) is 11.5 Å². The van der Waals surface area contributed by atoms with Crippen molar-refractivity contribution >= 4 is 17.6 Å². The highest BCUT2D eigenvalue weighted by molar-refractivity contribution is 5.95. The molecule has 0 aliphatic carbocycles. The number of halogens is 4. The van der Waals surface area contributed by atoms with E-state index in [1.807, 2.05) is 0 Å². The summed E-state index contributed by atoms with van der Waals surface area (Å²) in [6.45, 7) is 0. The van der Waals surface area contributed by atoms with Crippen LogP contribution in [0, 0.1) is 11.6 Å². The molecule has 0 bridgehead atoms. The summed E-state index contributed by atoms with van der Waals surface area (Å²) in [5, 5.41) is 9.77. The summed E-state index contributed by atoms with van der Waals surface area (Å²) in [5.41, 5.74) is -2.15. The van der Waals surface area contributed by atoms with Gasteiger partial charge in [-0.15, -0.1) is 0 Å². The molecule has 1 rings (SSSR count). The normalized spacial score (nSPS) is 10.4. The first-order chi connectivity index (χ1) is 7.84. The van der Waals surface area contributed by atoms with Crippen LogP contribution in [0.25, 0.3) is 0 Å². The van der Waals surface area contributed by atoms with Gasteiger partial charge in [0.05, 0.1) is 5.56 Å². The van der Waals surface area contributed by atoms with Gasteiger partial charge in [-0.05, 0) is 12.1 Å². The molecule has 0 atom stereocenters. The SMILES string of the molecule is O=C(O)c1ccc(F)c(NC(=O)C(F)F)c1F. The number of carboxylic acid groups (broad SMARTS) is 1. The predicted molar refractivity (Wildman–Crippen MR) is 48.0 cm³/mol. The van der Waals surface area contributed by atoms with Crippen LogP contribution >= 0.6 is 0 Å². The summed E-state index contributed by atoms with van der Waals surface area (Å²) in [6.07, 6.45) is -3.47. The number of nitrogens with one attached hydrogen (secondary N) is 1. The quantitative estimate of drug-likeness (QED) is 0.806. The van der Waals surface area contributed by atoms with Crippen LogP contribution in [0.3, 0.4) is 0 Å². The molecular weight excluding hydrogens is 246 g/mol. The lowest BCUT2D eigenvalue weighted by molar-refractivity contribution is -0.126. The number of carbonyl (C=O) groups is 2. The van der Waals surface area contributed by atoms with Crippen molar-refractivity contribution in [2.75, 3.05) is 5.32 Å². The van der Waals surface area contributed by atoms with Gasteiger partial charge in [0, 0.05) is 0 Å². The fraction of sp³-hybridized carbons (Fsp3) is 0.111. The number of carbonyl (C=O) groups excluding carboxylic acids is 1. The van der Waals surface area contributed by atoms with Crippen LogP contribution in [0.5, 0.6) is 0 Å². The first-order valence-electron chi connectivity index (χ1n) is 4.15. The van der Waals surface area contributed by atoms with Crippen molar-refractivity contribution in [1.82, 2.24) is 0 Å². The molecule has 4 nitrogen and oxygen atoms in total. The molecule has 1 aromatic rings. The van der Waals surface area contributed by atoms with E-state index < -0.39 is 41.2 Å². The Bertz CT molecular complexity index is 476. The Morgan fingerprint density at radius 1 is 1.24 bits per heavy atom. The van der Waals surface area contributed by atoms with Gasteiger partial charge in [-0.25, -0.2) is 13.6 Å². The Morgan fingerprint density at radius 3 is 2.29 bits per heavy atom. The minimum atomic E-state index is -3.47. The van der Waals surface area contributed by atoms with Crippen molar-refractivity contribution in [3.05, 3.63) is 29.3 Å². The van der Waals surface area contributed by atoms with Crippen molar-refractivity contribution < 1.29 is 32.3 Å². The molecular formula is C9H5F4NO3. The molecule has 1 aromatic carbocycles. The molecule has 0 saturated heterocycles. The molecule has 0 radical (unpaired) electrons. The molecule has 0 unspecified atom stereocenters. The van der Waals surface area contributed by atoms with Crippen molar-refractivity contribution in [1.29, 1.82) is 0 Å². The number of hydrogen-bond donors (Lipinski definition) is 2. The average Bonchev–Trinajstić information content (AvgIpc) is 2.22. The van der Waals surface area contributed by atoms with Crippen molar-refractivity contribution in [2.45, 2.75) is 6.43 Å². The molecule has 0 aromatic heterocycles. The molecule has 2 N–H and O–H groups in total. The minimum Gasteiger partial charge on any atom is -0.478 e. The molecule has 0 heterocycles. The lowest BCUT2D eigenvalue weighted by atomic mass is 10.1. The second-order valence-electron chi connectivity index (χ2n) is 2.88. The predicted octanol–water partition coefficient (Wildman–Crippen LogP) is 1.87. The van der Waals surface area contributed by atoms with Crippen LogP contribution in [-0.2, 0) is 4.79 Å². The van der Waals surface area contributed by atoms with Gasteiger partial charge in [0.25, 0.3) is 5.91 Å².